The molecule has 368 valence electrons. The number of nitrogen functional groups attached to an aromatic ring is 1. The average Bonchev–Trinajstić information content (AvgIpc) is 3.59. The first-order valence-corrected chi connectivity index (χ1v) is 25.4. The van der Waals surface area contributed by atoms with Gasteiger partial charge in [-0.25, -0.2) is 15.4 Å². The molecule has 5 aliphatic rings. The van der Waals surface area contributed by atoms with Gasteiger partial charge in [-0.2, -0.15) is 0 Å². The average molecular weight is 977 g/mol. The lowest BCUT2D eigenvalue weighted by Gasteiger charge is -2.41. The molecule has 20 heteroatoms. The minimum Gasteiger partial charge on any atom is -0.381 e. The highest BCUT2D eigenvalue weighted by atomic mass is 35.5. The summed E-state index contributed by atoms with van der Waals surface area (Å²) in [6.07, 6.45) is 17.8. The number of imide groups is 1. The van der Waals surface area contributed by atoms with E-state index in [1.54, 1.807) is 18.3 Å². The van der Waals surface area contributed by atoms with Crippen molar-refractivity contribution in [3.63, 3.8) is 0 Å². The number of fused-ring (bicyclic) bond motifs is 1. The van der Waals surface area contributed by atoms with Crippen LogP contribution in [0.5, 0.6) is 0 Å². The molecule has 4 atom stereocenters. The first kappa shape index (κ1) is 50.8. The Hall–Kier alpha value is -5.08. The molecule has 1 spiro atoms. The van der Waals surface area contributed by atoms with Crippen molar-refractivity contribution < 1.29 is 33.5 Å². The molecule has 2 aromatic rings. The largest absolute Gasteiger partial charge is 0.381 e. The number of hydrogen-bond donors (Lipinski definition) is 7. The molecular weight excluding hydrogens is 910 g/mol. The van der Waals surface area contributed by atoms with E-state index in [0.717, 1.165) is 100 Å². The van der Waals surface area contributed by atoms with Crippen LogP contribution in [0.3, 0.4) is 0 Å². The van der Waals surface area contributed by atoms with Crippen LogP contribution in [0.25, 0.3) is 0 Å². The Labute approximate surface area is 407 Å². The van der Waals surface area contributed by atoms with Crippen LogP contribution in [0.15, 0.2) is 51.5 Å². The van der Waals surface area contributed by atoms with E-state index < -0.39 is 23.9 Å². The Kier molecular flexibility index (Phi) is 17.9. The van der Waals surface area contributed by atoms with Gasteiger partial charge < -0.3 is 37.1 Å². The van der Waals surface area contributed by atoms with Crippen molar-refractivity contribution in [1.29, 1.82) is 0 Å². The summed E-state index contributed by atoms with van der Waals surface area (Å²) in [7, 11) is 0. The third-order valence-electron chi connectivity index (χ3n) is 13.7. The molecule has 1 aromatic heterocycles. The van der Waals surface area contributed by atoms with Gasteiger partial charge in [0.1, 0.15) is 16.9 Å². The summed E-state index contributed by atoms with van der Waals surface area (Å²) in [6.45, 7) is 5.22. The topological polar surface area (TPSA) is 256 Å². The fourth-order valence-corrected chi connectivity index (χ4v) is 10.8. The maximum absolute atomic E-state index is 13.4. The molecule has 68 heavy (non-hydrogen) atoms. The van der Waals surface area contributed by atoms with Crippen LogP contribution in [0, 0.1) is 5.41 Å². The van der Waals surface area contributed by atoms with Gasteiger partial charge in [-0.1, -0.05) is 92.6 Å². The summed E-state index contributed by atoms with van der Waals surface area (Å²) in [4.78, 5) is 87.9. The zero-order valence-corrected chi connectivity index (χ0v) is 40.5. The number of amides is 6. The van der Waals surface area contributed by atoms with Gasteiger partial charge in [0.25, 0.3) is 11.8 Å². The van der Waals surface area contributed by atoms with Crippen LogP contribution < -0.4 is 43.1 Å². The van der Waals surface area contributed by atoms with Crippen molar-refractivity contribution in [3.05, 3.63) is 57.6 Å². The predicted octanol–water partition coefficient (Wildman–Crippen LogP) is 5.08. The lowest BCUT2D eigenvalue weighted by atomic mass is 9.73. The molecule has 1 aromatic carbocycles. The Morgan fingerprint density at radius 2 is 1.69 bits per heavy atom. The van der Waals surface area contributed by atoms with Crippen LogP contribution in [0.2, 0.25) is 0 Å². The van der Waals surface area contributed by atoms with Gasteiger partial charge in [-0.3, -0.25) is 39.1 Å². The van der Waals surface area contributed by atoms with Gasteiger partial charge in [0, 0.05) is 68.2 Å². The van der Waals surface area contributed by atoms with Crippen molar-refractivity contribution >= 4 is 76.1 Å². The fraction of sp³-hybridized carbons (Fsp3) is 0.583. The number of allylic oxidation sites excluding steroid dienone is 1. The molecular formula is C48H66ClN11O7S. The summed E-state index contributed by atoms with van der Waals surface area (Å²) in [6, 6.07) is 4.10. The van der Waals surface area contributed by atoms with E-state index in [-0.39, 0.29) is 66.9 Å². The number of hydrogen-bond acceptors (Lipinski definition) is 14. The van der Waals surface area contributed by atoms with Crippen molar-refractivity contribution in [2.24, 2.45) is 11.1 Å². The lowest BCUT2D eigenvalue weighted by Crippen LogP contribution is -2.60. The zero-order chi connectivity index (χ0) is 48.2. The molecule has 0 radical (unpaired) electrons. The molecule has 7 rings (SSSR count). The second-order valence-corrected chi connectivity index (χ2v) is 20.0. The van der Waals surface area contributed by atoms with Gasteiger partial charge in [-0.05, 0) is 57.1 Å². The second kappa shape index (κ2) is 24.0. The van der Waals surface area contributed by atoms with Crippen LogP contribution in [-0.2, 0) is 35.3 Å². The molecule has 0 saturated carbocycles. The van der Waals surface area contributed by atoms with Crippen molar-refractivity contribution in [3.8, 4) is 0 Å². The number of aromatic nitrogens is 2. The minimum atomic E-state index is -0.805. The SMILES string of the molecule is C[C@@H]1OCC2(CCN(c3cnc(SC4=C(Cl)C(NC(=O)CCC(=O)NCCCCCCCCCCCC(=O)Nc5cccc6c5C(=O)N(C5CCC(=O)NC5=O)NC6)CC=C4)c(N)n3)CC2)C1N. The summed E-state index contributed by atoms with van der Waals surface area (Å²) in [5.74, 6) is -0.825. The Bertz CT molecular complexity index is 2250. The van der Waals surface area contributed by atoms with Crippen LogP contribution in [-0.4, -0.2) is 101 Å². The maximum atomic E-state index is 13.4. The number of unbranched alkanes of at least 4 members (excludes halogenated alkanes) is 8. The molecule has 9 N–H and O–H groups in total. The Balaban J connectivity index is 0.704. The molecule has 3 unspecified atom stereocenters. The van der Waals surface area contributed by atoms with E-state index in [9.17, 15) is 28.8 Å². The maximum Gasteiger partial charge on any atom is 0.271 e. The number of nitrogens with zero attached hydrogens (tertiary/aromatic N) is 4. The number of anilines is 3. The standard InChI is InChI=1S/C48H66ClN11O7S/c1-30-43(50)48(29-67-30)22-25-59(26-23-48)36-28-53-46(44(51)57-36)68-35-16-12-15-33(42(35)49)56-39(63)21-20-37(61)52-24-10-8-6-4-2-3-5-7-9-17-38(62)55-32-14-11-13-31-27-54-60(47(66)41(31)32)34-18-19-40(64)58-45(34)65/h11-14,16,28,30,33-34,43,54H,2-10,15,17-27,29,50H2,1H3,(H2,51,57)(H,52,61)(H,55,62)(H,56,63)(H,58,64,65)/t30-,33?,34?,43?/m0/s1. The Morgan fingerprint density at radius 3 is 2.40 bits per heavy atom. The van der Waals surface area contributed by atoms with Crippen LogP contribution in [0.4, 0.5) is 17.3 Å². The highest BCUT2D eigenvalue weighted by Gasteiger charge is 2.48. The normalized spacial score (nSPS) is 22.3. The summed E-state index contributed by atoms with van der Waals surface area (Å²) in [5.41, 5.74) is 17.4. The number of nitrogens with two attached hydrogens (primary N) is 2. The third kappa shape index (κ3) is 13.0. The quantitative estimate of drug-likeness (QED) is 0.0637. The molecule has 3 fully saturated rings. The number of benzene rings is 1. The predicted molar refractivity (Wildman–Crippen MR) is 261 cm³/mol. The number of carbonyl (C=O) groups excluding carboxylic acids is 6. The fourth-order valence-electron chi connectivity index (χ4n) is 9.56. The molecule has 5 heterocycles. The van der Waals surface area contributed by atoms with Gasteiger partial charge in [0.2, 0.25) is 23.6 Å². The van der Waals surface area contributed by atoms with Crippen LogP contribution in [0.1, 0.15) is 132 Å². The van der Waals surface area contributed by atoms with Gasteiger partial charge in [0.05, 0.1) is 41.2 Å². The number of nitrogens with one attached hydrogen (secondary N) is 5. The minimum absolute atomic E-state index is 0.00722. The molecule has 3 saturated heterocycles. The smallest absolute Gasteiger partial charge is 0.271 e. The highest BCUT2D eigenvalue weighted by Crippen LogP contribution is 2.42. The van der Waals surface area contributed by atoms with E-state index >= 15 is 0 Å². The van der Waals surface area contributed by atoms with E-state index in [1.165, 1.54) is 16.8 Å². The zero-order valence-electron chi connectivity index (χ0n) is 38.9. The van der Waals surface area contributed by atoms with Crippen molar-refractivity contribution in [2.45, 2.75) is 152 Å². The monoisotopic (exact) mass is 975 g/mol. The lowest BCUT2D eigenvalue weighted by molar-refractivity contribution is -0.138. The van der Waals surface area contributed by atoms with Crippen molar-refractivity contribution in [2.75, 3.05) is 42.2 Å². The summed E-state index contributed by atoms with van der Waals surface area (Å²) >= 11 is 8.10. The molecule has 0 bridgehead atoms. The summed E-state index contributed by atoms with van der Waals surface area (Å²) in [5, 5.41) is 13.4. The number of ether oxygens (including phenoxy) is 1. The van der Waals surface area contributed by atoms with Crippen LogP contribution >= 0.6 is 23.4 Å². The number of hydrazine groups is 1. The molecule has 4 aliphatic heterocycles. The van der Waals surface area contributed by atoms with E-state index in [0.29, 0.717) is 59.7 Å². The molecule has 18 nitrogen and oxygen atoms in total. The second-order valence-electron chi connectivity index (χ2n) is 18.5. The number of carbonyl (C=O) groups is 6. The van der Waals surface area contributed by atoms with Gasteiger partial charge in [0.15, 0.2) is 5.82 Å². The highest BCUT2D eigenvalue weighted by molar-refractivity contribution is 8.03. The molecule has 1 aliphatic carbocycles. The van der Waals surface area contributed by atoms with Gasteiger partial charge >= 0.3 is 0 Å². The van der Waals surface area contributed by atoms with E-state index in [1.807, 2.05) is 25.1 Å². The number of thioether (sulfide) groups is 1. The first-order valence-electron chi connectivity index (χ1n) is 24.2. The number of halogens is 1. The first-order chi connectivity index (χ1) is 32.8. The molecule has 6 amide bonds. The summed E-state index contributed by atoms with van der Waals surface area (Å²) < 4.78 is 5.86. The number of rotatable bonds is 21. The third-order valence-corrected chi connectivity index (χ3v) is 15.4. The van der Waals surface area contributed by atoms with E-state index in [4.69, 9.17) is 27.8 Å². The van der Waals surface area contributed by atoms with Gasteiger partial charge in [-0.15, -0.1) is 0 Å². The van der Waals surface area contributed by atoms with E-state index in [2.05, 4.69) is 41.6 Å². The van der Waals surface area contributed by atoms with Crippen molar-refractivity contribution in [1.82, 2.24) is 36.4 Å². The number of piperidine rings is 2. The Morgan fingerprint density at radius 1 is 0.971 bits per heavy atom.